The second-order valence-corrected chi connectivity index (χ2v) is 8.86. The summed E-state index contributed by atoms with van der Waals surface area (Å²) < 4.78 is 27.9. The van der Waals surface area contributed by atoms with Gasteiger partial charge in [-0.2, -0.15) is 0 Å². The number of benzene rings is 2. The monoisotopic (exact) mass is 452 g/mol. The molecule has 9 heteroatoms. The maximum absolute atomic E-state index is 12.7. The van der Waals surface area contributed by atoms with Crippen molar-refractivity contribution < 1.29 is 18.0 Å². The van der Waals surface area contributed by atoms with Gasteiger partial charge in [-0.05, 0) is 67.4 Å². The van der Waals surface area contributed by atoms with E-state index >= 15 is 0 Å². The number of amides is 2. The number of pyridine rings is 1. The SMILES string of the molecule is Cc1cccc(NS(=O)(=O)c2ccc(C(=O)NCCC(=O)Nc3cccnc3)cc2)c1C. The Bertz CT molecular complexity index is 1210. The van der Waals surface area contributed by atoms with E-state index in [1.807, 2.05) is 19.9 Å². The lowest BCUT2D eigenvalue weighted by Crippen LogP contribution is -2.27. The highest BCUT2D eigenvalue weighted by Gasteiger charge is 2.16. The van der Waals surface area contributed by atoms with Gasteiger partial charge in [0.1, 0.15) is 0 Å². The van der Waals surface area contributed by atoms with E-state index in [9.17, 15) is 18.0 Å². The molecule has 0 aliphatic carbocycles. The van der Waals surface area contributed by atoms with Crippen LogP contribution in [0.15, 0.2) is 71.9 Å². The third-order valence-electron chi connectivity index (χ3n) is 4.86. The minimum atomic E-state index is -3.79. The molecule has 3 aromatic rings. The number of hydrogen-bond donors (Lipinski definition) is 3. The van der Waals surface area contributed by atoms with Crippen molar-refractivity contribution in [3.05, 3.63) is 83.7 Å². The molecular formula is C23H24N4O4S. The van der Waals surface area contributed by atoms with Crippen molar-refractivity contribution in [3.63, 3.8) is 0 Å². The van der Waals surface area contributed by atoms with E-state index in [0.717, 1.165) is 11.1 Å². The van der Waals surface area contributed by atoms with E-state index in [1.165, 1.54) is 30.5 Å². The lowest BCUT2D eigenvalue weighted by atomic mass is 10.1. The zero-order valence-corrected chi connectivity index (χ0v) is 18.6. The first kappa shape index (κ1) is 23.0. The second kappa shape index (κ2) is 10.1. The lowest BCUT2D eigenvalue weighted by molar-refractivity contribution is -0.116. The van der Waals surface area contributed by atoms with Gasteiger partial charge in [0.25, 0.3) is 15.9 Å². The molecule has 2 amide bonds. The van der Waals surface area contributed by atoms with Crippen LogP contribution in [0.1, 0.15) is 27.9 Å². The Morgan fingerprint density at radius 3 is 2.41 bits per heavy atom. The number of carbonyl (C=O) groups excluding carboxylic acids is 2. The minimum Gasteiger partial charge on any atom is -0.352 e. The van der Waals surface area contributed by atoms with Crippen molar-refractivity contribution in [2.75, 3.05) is 16.6 Å². The summed E-state index contributed by atoms with van der Waals surface area (Å²) in [5, 5.41) is 5.33. The number of sulfonamides is 1. The van der Waals surface area contributed by atoms with Crippen LogP contribution < -0.4 is 15.4 Å². The smallest absolute Gasteiger partial charge is 0.261 e. The summed E-state index contributed by atoms with van der Waals surface area (Å²) in [5.74, 6) is -0.650. The average molecular weight is 453 g/mol. The molecule has 1 heterocycles. The third kappa shape index (κ3) is 5.92. The molecule has 0 aliphatic rings. The standard InChI is InChI=1S/C23H24N4O4S/c1-16-5-3-7-21(17(16)2)27-32(30,31)20-10-8-18(9-11-20)23(29)25-14-12-22(28)26-19-6-4-13-24-15-19/h3-11,13,15,27H,12,14H2,1-2H3,(H,25,29)(H,26,28). The van der Waals surface area contributed by atoms with Crippen LogP contribution in [-0.4, -0.2) is 31.8 Å². The fourth-order valence-electron chi connectivity index (χ4n) is 2.90. The molecular weight excluding hydrogens is 428 g/mol. The van der Waals surface area contributed by atoms with E-state index in [1.54, 1.807) is 30.5 Å². The van der Waals surface area contributed by atoms with Crippen LogP contribution in [0.25, 0.3) is 0 Å². The van der Waals surface area contributed by atoms with E-state index in [2.05, 4.69) is 20.3 Å². The Morgan fingerprint density at radius 2 is 1.72 bits per heavy atom. The normalized spacial score (nSPS) is 10.9. The Kier molecular flexibility index (Phi) is 7.21. The number of nitrogens with one attached hydrogen (secondary N) is 3. The van der Waals surface area contributed by atoms with Crippen molar-refractivity contribution in [3.8, 4) is 0 Å². The molecule has 0 bridgehead atoms. The summed E-state index contributed by atoms with van der Waals surface area (Å²) in [6, 6.07) is 14.4. The lowest BCUT2D eigenvalue weighted by Gasteiger charge is -2.12. The molecule has 0 saturated carbocycles. The number of aromatic nitrogens is 1. The van der Waals surface area contributed by atoms with Crippen LogP contribution in [0.2, 0.25) is 0 Å². The van der Waals surface area contributed by atoms with Crippen molar-refractivity contribution >= 4 is 33.2 Å². The summed E-state index contributed by atoms with van der Waals surface area (Å²) in [4.78, 5) is 28.2. The second-order valence-electron chi connectivity index (χ2n) is 7.17. The maximum Gasteiger partial charge on any atom is 0.261 e. The molecule has 0 radical (unpaired) electrons. The van der Waals surface area contributed by atoms with Gasteiger partial charge in [-0.25, -0.2) is 8.42 Å². The fourth-order valence-corrected chi connectivity index (χ4v) is 4.03. The van der Waals surface area contributed by atoms with Crippen LogP contribution >= 0.6 is 0 Å². The molecule has 166 valence electrons. The summed E-state index contributed by atoms with van der Waals surface area (Å²) in [6.45, 7) is 3.89. The van der Waals surface area contributed by atoms with Gasteiger partial charge < -0.3 is 10.6 Å². The quantitative estimate of drug-likeness (QED) is 0.485. The molecule has 0 saturated heterocycles. The van der Waals surface area contributed by atoms with Gasteiger partial charge in [0.05, 0.1) is 22.5 Å². The molecule has 0 spiro atoms. The highest BCUT2D eigenvalue weighted by Crippen LogP contribution is 2.22. The number of aryl methyl sites for hydroxylation is 1. The summed E-state index contributed by atoms with van der Waals surface area (Å²) >= 11 is 0. The topological polar surface area (TPSA) is 117 Å². The molecule has 0 atom stereocenters. The molecule has 1 aromatic heterocycles. The molecule has 2 aromatic carbocycles. The van der Waals surface area contributed by atoms with Crippen LogP contribution in [0, 0.1) is 13.8 Å². The van der Waals surface area contributed by atoms with Crippen LogP contribution in [0.5, 0.6) is 0 Å². The van der Waals surface area contributed by atoms with Gasteiger partial charge in [-0.3, -0.25) is 19.3 Å². The van der Waals surface area contributed by atoms with E-state index in [4.69, 9.17) is 0 Å². The summed E-state index contributed by atoms with van der Waals surface area (Å²) in [5.41, 5.74) is 3.21. The largest absolute Gasteiger partial charge is 0.352 e. The van der Waals surface area contributed by atoms with Crippen molar-refractivity contribution in [2.45, 2.75) is 25.2 Å². The molecule has 0 fully saturated rings. The van der Waals surface area contributed by atoms with Crippen LogP contribution in [0.3, 0.4) is 0 Å². The van der Waals surface area contributed by atoms with E-state index < -0.39 is 15.9 Å². The van der Waals surface area contributed by atoms with Crippen molar-refractivity contribution in [1.29, 1.82) is 0 Å². The van der Waals surface area contributed by atoms with E-state index in [-0.39, 0.29) is 23.8 Å². The number of nitrogens with zero attached hydrogens (tertiary/aromatic N) is 1. The zero-order chi connectivity index (χ0) is 23.1. The van der Waals surface area contributed by atoms with Crippen LogP contribution in [0.4, 0.5) is 11.4 Å². The first-order chi connectivity index (χ1) is 15.3. The molecule has 3 rings (SSSR count). The van der Waals surface area contributed by atoms with Gasteiger partial charge in [0.2, 0.25) is 5.91 Å². The van der Waals surface area contributed by atoms with Gasteiger partial charge in [-0.15, -0.1) is 0 Å². The van der Waals surface area contributed by atoms with Gasteiger partial charge in [-0.1, -0.05) is 12.1 Å². The molecule has 3 N–H and O–H groups in total. The number of carbonyl (C=O) groups is 2. The van der Waals surface area contributed by atoms with Gasteiger partial charge in [0, 0.05) is 24.7 Å². The Morgan fingerprint density at radius 1 is 0.969 bits per heavy atom. The predicted molar refractivity (Wildman–Crippen MR) is 123 cm³/mol. The molecule has 0 unspecified atom stereocenters. The molecule has 8 nitrogen and oxygen atoms in total. The number of rotatable bonds is 8. The zero-order valence-electron chi connectivity index (χ0n) is 17.8. The predicted octanol–water partition coefficient (Wildman–Crippen LogP) is 3.26. The maximum atomic E-state index is 12.7. The van der Waals surface area contributed by atoms with E-state index in [0.29, 0.717) is 16.9 Å². The Hall–Kier alpha value is -3.72. The first-order valence-electron chi connectivity index (χ1n) is 9.93. The minimum absolute atomic E-state index is 0.0470. The van der Waals surface area contributed by atoms with Gasteiger partial charge in [0.15, 0.2) is 0 Å². The highest BCUT2D eigenvalue weighted by molar-refractivity contribution is 7.92. The number of anilines is 2. The first-order valence-corrected chi connectivity index (χ1v) is 11.4. The van der Waals surface area contributed by atoms with Crippen LogP contribution in [-0.2, 0) is 14.8 Å². The summed E-state index contributed by atoms with van der Waals surface area (Å²) in [7, 11) is -3.79. The van der Waals surface area contributed by atoms with Crippen molar-refractivity contribution in [2.24, 2.45) is 0 Å². The Labute approximate surface area is 187 Å². The Balaban J connectivity index is 1.55. The van der Waals surface area contributed by atoms with Crippen molar-refractivity contribution in [1.82, 2.24) is 10.3 Å². The number of hydrogen-bond acceptors (Lipinski definition) is 5. The molecule has 0 aliphatic heterocycles. The average Bonchev–Trinajstić information content (AvgIpc) is 2.77. The third-order valence-corrected chi connectivity index (χ3v) is 6.24. The highest BCUT2D eigenvalue weighted by atomic mass is 32.2. The summed E-state index contributed by atoms with van der Waals surface area (Å²) in [6.07, 6.45) is 3.22. The van der Waals surface area contributed by atoms with Gasteiger partial charge >= 0.3 is 0 Å². The molecule has 32 heavy (non-hydrogen) atoms. The fraction of sp³-hybridized carbons (Fsp3) is 0.174.